The molecule has 9 aromatic carbocycles. The van der Waals surface area contributed by atoms with E-state index < -0.39 is 17.9 Å². The number of aromatic nitrogens is 9. The fourth-order valence-electron chi connectivity index (χ4n) is 16.0. The minimum Gasteiger partial charge on any atom is -0.481 e. The van der Waals surface area contributed by atoms with Gasteiger partial charge in [-0.05, 0) is 218 Å². The number of carboxylic acids is 3. The van der Waals surface area contributed by atoms with Gasteiger partial charge < -0.3 is 30.0 Å². The lowest BCUT2D eigenvalue weighted by Gasteiger charge is -2.30. The summed E-state index contributed by atoms with van der Waals surface area (Å²) in [5, 5.41) is 55.1. The average Bonchev–Trinajstić information content (AvgIpc) is 1.75. The zero-order chi connectivity index (χ0) is 78.9. The SMILES string of the molecule is CCn1nnc2c(C)c(C(CC(=O)O)c3ccc4c(c3)CN(C(=O)c3ccccc3C)CC4)ccc21.CCn1nnc2c(C)c([C@@H](CC(=O)O)c3ccc4c(c3)CN(C(=O)c3ccccc3C)CC4)ccc21.CCn1nnc2c(C)c([C@H](CC(=O)O)c3ccc4c(c3)CN(C(=O)c3ccccc3C)CC4)ccc21.CSF. The van der Waals surface area contributed by atoms with E-state index in [4.69, 9.17) is 0 Å². The third-order valence-corrected chi connectivity index (χ3v) is 22.0. The summed E-state index contributed by atoms with van der Waals surface area (Å²) >= 11 is 0.250. The fourth-order valence-corrected chi connectivity index (χ4v) is 16.0. The molecule has 0 spiro atoms. The number of hydrogen-bond donors (Lipinski definition) is 3. The van der Waals surface area contributed by atoms with E-state index in [1.54, 1.807) is 0 Å². The Balaban J connectivity index is 0.000000152. The standard InChI is InChI=1S/3C29H30N4O3.CH3FS/c3*1-4-33-26-12-11-24(19(3)28(26)30-31-33)25(16-27(34)35)21-10-9-20-13-14-32(17-22(20)15-21)29(36)23-8-6-5-7-18(23)2;1-3-2/h3*5-12,15,25H,4,13-14,16-17H2,1-3H3,(H,34,35);1H3/t2*25-;;/m10../s1. The van der Waals surface area contributed by atoms with Crippen LogP contribution in [0.25, 0.3) is 33.1 Å². The fraction of sp³-hybridized carbons (Fsp3) is 0.318. The van der Waals surface area contributed by atoms with Crippen molar-refractivity contribution in [3.05, 3.63) is 281 Å². The molecule has 3 aromatic heterocycles. The number of halogens is 1. The summed E-state index contributed by atoms with van der Waals surface area (Å²) < 4.78 is 15.7. The van der Waals surface area contributed by atoms with E-state index in [2.05, 4.69) is 67.3 Å². The van der Waals surface area contributed by atoms with Gasteiger partial charge in [-0.2, -0.15) is 3.89 Å². The summed E-state index contributed by atoms with van der Waals surface area (Å²) in [6.45, 7) is 23.6. The van der Waals surface area contributed by atoms with Crippen LogP contribution in [-0.2, 0) is 72.9 Å². The first-order valence-corrected chi connectivity index (χ1v) is 38.8. The first-order chi connectivity index (χ1) is 53.5. The average molecular weight is 1510 g/mol. The first-order valence-electron chi connectivity index (χ1n) is 37.7. The summed E-state index contributed by atoms with van der Waals surface area (Å²) in [5.41, 5.74) is 25.7. The van der Waals surface area contributed by atoms with E-state index in [9.17, 15) is 48.0 Å². The van der Waals surface area contributed by atoms with Crippen LogP contribution < -0.4 is 0 Å². The molecular formula is C88H93FN12O9S. The number of nitrogens with zero attached hydrogens (tertiary/aromatic N) is 12. The Morgan fingerprint density at radius 2 is 0.649 bits per heavy atom. The molecule has 3 aliphatic rings. The minimum atomic E-state index is -0.856. The van der Waals surface area contributed by atoms with Crippen LogP contribution in [0.3, 0.4) is 0 Å². The van der Waals surface area contributed by atoms with Crippen LogP contribution in [0, 0.1) is 41.5 Å². The number of carbonyl (C=O) groups excluding carboxylic acids is 3. The number of benzene rings is 9. The van der Waals surface area contributed by atoms with E-state index in [0.717, 1.165) is 172 Å². The second kappa shape index (κ2) is 34.9. The number of aryl methyl sites for hydroxylation is 9. The predicted octanol–water partition coefficient (Wildman–Crippen LogP) is 15.9. The maximum absolute atomic E-state index is 13.2. The third-order valence-electron chi connectivity index (χ3n) is 22.0. The van der Waals surface area contributed by atoms with Crippen molar-refractivity contribution in [3.8, 4) is 0 Å². The third kappa shape index (κ3) is 17.0. The highest BCUT2D eigenvalue weighted by Crippen LogP contribution is 2.40. The number of hydrogen-bond acceptors (Lipinski definition) is 13. The van der Waals surface area contributed by atoms with E-state index in [0.29, 0.717) is 39.3 Å². The second-order valence-corrected chi connectivity index (χ2v) is 29.0. The number of rotatable bonds is 18. The summed E-state index contributed by atoms with van der Waals surface area (Å²) in [5.74, 6) is -3.45. The molecule has 0 saturated carbocycles. The van der Waals surface area contributed by atoms with Gasteiger partial charge in [0.15, 0.2) is 0 Å². The van der Waals surface area contributed by atoms with Crippen LogP contribution in [-0.4, -0.2) is 137 Å². The van der Waals surface area contributed by atoms with Crippen molar-refractivity contribution in [2.75, 3.05) is 25.9 Å². The monoisotopic (exact) mass is 1510 g/mol. The zero-order valence-electron chi connectivity index (χ0n) is 64.4. The van der Waals surface area contributed by atoms with Crippen molar-refractivity contribution in [1.82, 2.24) is 59.7 Å². The van der Waals surface area contributed by atoms with Crippen LogP contribution in [0.1, 0.15) is 189 Å². The molecule has 1 unspecified atom stereocenters. The maximum atomic E-state index is 13.2. The molecule has 3 amide bonds. The highest BCUT2D eigenvalue weighted by atomic mass is 32.2. The van der Waals surface area contributed by atoms with Gasteiger partial charge in [0.05, 0.1) is 35.8 Å². The van der Waals surface area contributed by atoms with Crippen LogP contribution in [0.15, 0.2) is 164 Å². The number of carbonyl (C=O) groups is 6. The molecule has 0 radical (unpaired) electrons. The van der Waals surface area contributed by atoms with Crippen molar-refractivity contribution in [1.29, 1.82) is 0 Å². The van der Waals surface area contributed by atoms with Gasteiger partial charge >= 0.3 is 17.9 Å². The Bertz CT molecular complexity index is 4990. The molecule has 15 rings (SSSR count). The molecule has 0 fully saturated rings. The number of amides is 3. The van der Waals surface area contributed by atoms with Crippen molar-refractivity contribution < 1.29 is 48.0 Å². The lowest BCUT2D eigenvalue weighted by Crippen LogP contribution is -2.36. The van der Waals surface area contributed by atoms with Crippen LogP contribution in [0.4, 0.5) is 3.89 Å². The summed E-state index contributed by atoms with van der Waals surface area (Å²) in [6.07, 6.45) is 3.63. The van der Waals surface area contributed by atoms with Gasteiger partial charge in [-0.25, -0.2) is 14.0 Å². The molecule has 111 heavy (non-hydrogen) atoms. The molecule has 0 saturated heterocycles. The molecule has 3 N–H and O–H groups in total. The molecule has 0 aliphatic carbocycles. The molecule has 3 atom stereocenters. The van der Waals surface area contributed by atoms with E-state index >= 15 is 0 Å². The second-order valence-electron chi connectivity index (χ2n) is 28.7. The highest BCUT2D eigenvalue weighted by molar-refractivity contribution is 7.93. The summed E-state index contributed by atoms with van der Waals surface area (Å²) in [4.78, 5) is 81.2. The first kappa shape index (κ1) is 78.8. The molecule has 12 aromatic rings. The number of carboxylic acid groups (broad SMARTS) is 3. The Hall–Kier alpha value is -11.7. The summed E-state index contributed by atoms with van der Waals surface area (Å²) in [7, 11) is 0. The van der Waals surface area contributed by atoms with Crippen LogP contribution >= 0.6 is 12.1 Å². The van der Waals surface area contributed by atoms with Crippen LogP contribution in [0.5, 0.6) is 0 Å². The topological polar surface area (TPSA) is 265 Å². The Morgan fingerprint density at radius 1 is 0.387 bits per heavy atom. The van der Waals surface area contributed by atoms with Crippen molar-refractivity contribution >= 4 is 80.9 Å². The molecule has 23 heteroatoms. The normalized spacial score (nSPS) is 13.8. The highest BCUT2D eigenvalue weighted by Gasteiger charge is 2.32. The van der Waals surface area contributed by atoms with Crippen LogP contribution in [0.2, 0.25) is 0 Å². The van der Waals surface area contributed by atoms with Gasteiger partial charge in [0.1, 0.15) is 16.6 Å². The molecule has 21 nitrogen and oxygen atoms in total. The maximum Gasteiger partial charge on any atom is 0.304 e. The minimum absolute atomic E-state index is 0.0289. The van der Waals surface area contributed by atoms with Gasteiger partial charge in [0.2, 0.25) is 0 Å². The van der Waals surface area contributed by atoms with Gasteiger partial charge in [-0.3, -0.25) is 28.8 Å². The van der Waals surface area contributed by atoms with E-state index in [-0.39, 0.29) is 66.9 Å². The van der Waals surface area contributed by atoms with Crippen molar-refractivity contribution in [2.45, 2.75) is 158 Å². The molecule has 6 heterocycles. The molecule has 572 valence electrons. The van der Waals surface area contributed by atoms with Gasteiger partial charge in [-0.1, -0.05) is 143 Å². The Kier molecular flexibility index (Phi) is 24.8. The van der Waals surface area contributed by atoms with Crippen molar-refractivity contribution in [2.24, 2.45) is 0 Å². The van der Waals surface area contributed by atoms with Crippen molar-refractivity contribution in [3.63, 3.8) is 0 Å². The molecule has 0 bridgehead atoms. The molecular weight excluding hydrogens is 1420 g/mol. The van der Waals surface area contributed by atoms with Gasteiger partial charge in [0, 0.05) is 112 Å². The molecule has 3 aliphatic heterocycles. The van der Waals surface area contributed by atoms with Gasteiger partial charge in [-0.15, -0.1) is 15.3 Å². The summed E-state index contributed by atoms with van der Waals surface area (Å²) in [6, 6.07) is 53.6. The lowest BCUT2D eigenvalue weighted by molar-refractivity contribution is -0.138. The smallest absolute Gasteiger partial charge is 0.304 e. The predicted molar refractivity (Wildman–Crippen MR) is 429 cm³/mol. The number of aliphatic carboxylic acids is 3. The lowest BCUT2D eigenvalue weighted by atomic mass is 9.83. The van der Waals surface area contributed by atoms with E-state index in [1.165, 1.54) is 22.9 Å². The Morgan fingerprint density at radius 3 is 0.892 bits per heavy atom. The van der Waals surface area contributed by atoms with Gasteiger partial charge in [0.25, 0.3) is 17.7 Å². The Labute approximate surface area is 649 Å². The largest absolute Gasteiger partial charge is 0.481 e. The van der Waals surface area contributed by atoms with E-state index in [1.807, 2.05) is 218 Å². The number of fused-ring (bicyclic) bond motifs is 6. The zero-order valence-corrected chi connectivity index (χ0v) is 65.2. The quantitative estimate of drug-likeness (QED) is 0.0721.